The molecule has 1 aromatic carbocycles. The topological polar surface area (TPSA) is 59.1 Å². The van der Waals surface area contributed by atoms with Gasteiger partial charge in [0.2, 0.25) is 0 Å². The molecule has 0 saturated carbocycles. The number of thiazole rings is 1. The summed E-state index contributed by atoms with van der Waals surface area (Å²) in [5, 5.41) is 11.3. The van der Waals surface area contributed by atoms with E-state index < -0.39 is 6.04 Å². The molecule has 1 atom stereocenters. The first-order chi connectivity index (χ1) is 8.11. The van der Waals surface area contributed by atoms with E-state index in [0.29, 0.717) is 16.3 Å². The quantitative estimate of drug-likeness (QED) is 0.915. The minimum absolute atomic E-state index is 0.173. The summed E-state index contributed by atoms with van der Waals surface area (Å²) in [6.45, 7) is -0.173. The van der Waals surface area contributed by atoms with E-state index in [0.717, 1.165) is 4.47 Å². The number of nitrogens with zero attached hydrogens (tertiary/aromatic N) is 1. The minimum Gasteiger partial charge on any atom is -0.394 e. The lowest BCUT2D eigenvalue weighted by Crippen LogP contribution is -2.13. The van der Waals surface area contributed by atoms with Gasteiger partial charge in [0.25, 0.3) is 0 Å². The monoisotopic (exact) mass is 316 g/mol. The van der Waals surface area contributed by atoms with Gasteiger partial charge < -0.3 is 10.8 Å². The van der Waals surface area contributed by atoms with Gasteiger partial charge in [-0.2, -0.15) is 0 Å². The molecule has 1 unspecified atom stereocenters. The standard InChI is InChI=1S/C11H10BrFN2OS/c12-6-1-2-8(13)7(3-6)10-5-17-11(15-10)9(14)4-16/h1-3,5,9,16H,4,14H2. The lowest BCUT2D eigenvalue weighted by molar-refractivity contribution is 0.268. The lowest BCUT2D eigenvalue weighted by atomic mass is 10.1. The molecule has 0 aliphatic heterocycles. The Balaban J connectivity index is 2.40. The fraction of sp³-hybridized carbons (Fsp3) is 0.182. The van der Waals surface area contributed by atoms with Gasteiger partial charge in [-0.1, -0.05) is 15.9 Å². The van der Waals surface area contributed by atoms with E-state index in [1.165, 1.54) is 17.4 Å². The first kappa shape index (κ1) is 12.6. The second-order valence-corrected chi connectivity index (χ2v) is 5.29. The molecule has 0 aliphatic carbocycles. The summed E-state index contributed by atoms with van der Waals surface area (Å²) in [6, 6.07) is 4.16. The molecule has 1 aromatic heterocycles. The second-order valence-electron chi connectivity index (χ2n) is 3.48. The first-order valence-electron chi connectivity index (χ1n) is 4.89. The number of hydrogen-bond donors (Lipinski definition) is 2. The van der Waals surface area contributed by atoms with Crippen LogP contribution < -0.4 is 5.73 Å². The van der Waals surface area contributed by atoms with Crippen LogP contribution in [0.5, 0.6) is 0 Å². The summed E-state index contributed by atoms with van der Waals surface area (Å²) in [5.74, 6) is -0.331. The van der Waals surface area contributed by atoms with Crippen molar-refractivity contribution in [2.45, 2.75) is 6.04 Å². The average Bonchev–Trinajstić information content (AvgIpc) is 2.80. The van der Waals surface area contributed by atoms with Crippen molar-refractivity contribution in [1.29, 1.82) is 0 Å². The Kier molecular flexibility index (Phi) is 3.88. The van der Waals surface area contributed by atoms with Crippen LogP contribution in [0.3, 0.4) is 0 Å². The SMILES string of the molecule is NC(CO)c1nc(-c2cc(Br)ccc2F)cs1. The van der Waals surface area contributed by atoms with Crippen LogP contribution in [-0.2, 0) is 0 Å². The molecule has 1 heterocycles. The number of nitrogens with two attached hydrogens (primary N) is 1. The van der Waals surface area contributed by atoms with E-state index in [-0.39, 0.29) is 12.4 Å². The zero-order chi connectivity index (χ0) is 12.4. The van der Waals surface area contributed by atoms with E-state index in [1.807, 2.05) is 0 Å². The molecule has 0 amide bonds. The van der Waals surface area contributed by atoms with Gasteiger partial charge in [-0.3, -0.25) is 0 Å². The third-order valence-electron chi connectivity index (χ3n) is 2.24. The second kappa shape index (κ2) is 5.22. The van der Waals surface area contributed by atoms with Gasteiger partial charge in [-0.25, -0.2) is 9.37 Å². The molecule has 0 saturated heterocycles. The Morgan fingerprint density at radius 1 is 1.53 bits per heavy atom. The number of aliphatic hydroxyl groups excluding tert-OH is 1. The lowest BCUT2D eigenvalue weighted by Gasteiger charge is -2.03. The van der Waals surface area contributed by atoms with Crippen molar-refractivity contribution in [2.24, 2.45) is 5.73 Å². The van der Waals surface area contributed by atoms with Crippen LogP contribution in [0.1, 0.15) is 11.0 Å². The summed E-state index contributed by atoms with van der Waals surface area (Å²) >= 11 is 4.60. The van der Waals surface area contributed by atoms with Crippen LogP contribution in [-0.4, -0.2) is 16.7 Å². The Bertz CT molecular complexity index is 532. The third-order valence-corrected chi connectivity index (χ3v) is 3.71. The van der Waals surface area contributed by atoms with E-state index in [4.69, 9.17) is 10.8 Å². The van der Waals surface area contributed by atoms with Gasteiger partial charge in [-0.05, 0) is 18.2 Å². The van der Waals surface area contributed by atoms with Crippen LogP contribution in [0, 0.1) is 5.82 Å². The average molecular weight is 317 g/mol. The molecule has 3 N–H and O–H groups in total. The van der Waals surface area contributed by atoms with Crippen molar-refractivity contribution >= 4 is 27.3 Å². The number of rotatable bonds is 3. The van der Waals surface area contributed by atoms with Gasteiger partial charge >= 0.3 is 0 Å². The summed E-state index contributed by atoms with van der Waals surface area (Å²) in [7, 11) is 0. The fourth-order valence-electron chi connectivity index (χ4n) is 1.35. The Labute approximate surface area is 110 Å². The number of benzene rings is 1. The van der Waals surface area contributed by atoms with Crippen LogP contribution in [0.25, 0.3) is 11.3 Å². The largest absolute Gasteiger partial charge is 0.394 e. The summed E-state index contributed by atoms with van der Waals surface area (Å²) < 4.78 is 14.4. The molecule has 90 valence electrons. The van der Waals surface area contributed by atoms with E-state index in [9.17, 15) is 4.39 Å². The number of aliphatic hydroxyl groups is 1. The molecule has 3 nitrogen and oxygen atoms in total. The van der Waals surface area contributed by atoms with Gasteiger partial charge in [0.05, 0.1) is 18.3 Å². The van der Waals surface area contributed by atoms with Gasteiger partial charge in [0, 0.05) is 15.4 Å². The highest BCUT2D eigenvalue weighted by Crippen LogP contribution is 2.28. The maximum absolute atomic E-state index is 13.6. The zero-order valence-electron chi connectivity index (χ0n) is 8.73. The Hall–Kier alpha value is -0.820. The minimum atomic E-state index is -0.510. The number of halogens is 2. The van der Waals surface area contributed by atoms with Crippen molar-refractivity contribution < 1.29 is 9.50 Å². The van der Waals surface area contributed by atoms with Crippen LogP contribution >= 0.6 is 27.3 Å². The molecule has 0 aliphatic rings. The molecule has 2 aromatic rings. The summed E-state index contributed by atoms with van der Waals surface area (Å²) in [5.41, 5.74) is 6.61. The highest BCUT2D eigenvalue weighted by Gasteiger charge is 2.13. The molecular weight excluding hydrogens is 307 g/mol. The van der Waals surface area contributed by atoms with Crippen LogP contribution in [0.15, 0.2) is 28.1 Å². The van der Waals surface area contributed by atoms with Crippen LogP contribution in [0.4, 0.5) is 4.39 Å². The van der Waals surface area contributed by atoms with Crippen molar-refractivity contribution in [2.75, 3.05) is 6.61 Å². The number of aromatic nitrogens is 1. The predicted molar refractivity (Wildman–Crippen MR) is 69.2 cm³/mol. The molecular formula is C11H10BrFN2OS. The van der Waals surface area contributed by atoms with Crippen molar-refractivity contribution in [3.8, 4) is 11.3 Å². The molecule has 0 bridgehead atoms. The maximum atomic E-state index is 13.6. The maximum Gasteiger partial charge on any atom is 0.132 e. The predicted octanol–water partition coefficient (Wildman–Crippen LogP) is 2.70. The Morgan fingerprint density at radius 2 is 2.29 bits per heavy atom. The summed E-state index contributed by atoms with van der Waals surface area (Å²) in [6.07, 6.45) is 0. The van der Waals surface area contributed by atoms with Crippen LogP contribution in [0.2, 0.25) is 0 Å². The van der Waals surface area contributed by atoms with E-state index in [2.05, 4.69) is 20.9 Å². The highest BCUT2D eigenvalue weighted by atomic mass is 79.9. The Morgan fingerprint density at radius 3 is 3.00 bits per heavy atom. The molecule has 2 rings (SSSR count). The normalized spacial score (nSPS) is 12.7. The van der Waals surface area contributed by atoms with Crippen molar-refractivity contribution in [3.63, 3.8) is 0 Å². The van der Waals surface area contributed by atoms with Crippen molar-refractivity contribution in [1.82, 2.24) is 4.98 Å². The molecule has 0 radical (unpaired) electrons. The first-order valence-corrected chi connectivity index (χ1v) is 6.56. The fourth-order valence-corrected chi connectivity index (χ4v) is 2.53. The summed E-state index contributed by atoms with van der Waals surface area (Å²) in [4.78, 5) is 4.23. The van der Waals surface area contributed by atoms with Gasteiger partial charge in [0.15, 0.2) is 0 Å². The smallest absolute Gasteiger partial charge is 0.132 e. The molecule has 17 heavy (non-hydrogen) atoms. The number of hydrogen-bond acceptors (Lipinski definition) is 4. The third kappa shape index (κ3) is 2.71. The van der Waals surface area contributed by atoms with Gasteiger partial charge in [0.1, 0.15) is 10.8 Å². The van der Waals surface area contributed by atoms with Crippen molar-refractivity contribution in [3.05, 3.63) is 38.9 Å². The van der Waals surface area contributed by atoms with E-state index >= 15 is 0 Å². The van der Waals surface area contributed by atoms with E-state index in [1.54, 1.807) is 17.5 Å². The molecule has 6 heteroatoms. The van der Waals surface area contributed by atoms with Gasteiger partial charge in [-0.15, -0.1) is 11.3 Å². The highest BCUT2D eigenvalue weighted by molar-refractivity contribution is 9.10. The molecule has 0 spiro atoms. The zero-order valence-corrected chi connectivity index (χ0v) is 11.1. The molecule has 0 fully saturated rings.